The third-order valence-electron chi connectivity index (χ3n) is 4.43. The van der Waals surface area contributed by atoms with Gasteiger partial charge in [0.1, 0.15) is 5.82 Å². The van der Waals surface area contributed by atoms with E-state index in [-0.39, 0.29) is 5.91 Å². The van der Waals surface area contributed by atoms with Crippen molar-refractivity contribution < 1.29 is 4.79 Å². The lowest BCUT2D eigenvalue weighted by atomic mass is 10.0. The Labute approximate surface area is 151 Å². The van der Waals surface area contributed by atoms with Gasteiger partial charge in [0.2, 0.25) is 0 Å². The van der Waals surface area contributed by atoms with Gasteiger partial charge in [-0.15, -0.1) is 0 Å². The lowest BCUT2D eigenvalue weighted by Crippen LogP contribution is -2.34. The first-order chi connectivity index (χ1) is 11.5. The molecule has 1 amide bonds. The Hall–Kier alpha value is -1.88. The molecule has 1 saturated heterocycles. The number of carbonyl (C=O) groups is 1. The van der Waals surface area contributed by atoms with Crippen LogP contribution in [0.3, 0.4) is 0 Å². The van der Waals surface area contributed by atoms with Crippen LogP contribution in [0, 0.1) is 12.8 Å². The Bertz CT molecular complexity index is 730. The molecular weight excluding hydrogens is 366 g/mol. The van der Waals surface area contributed by atoms with Gasteiger partial charge in [-0.3, -0.25) is 4.79 Å². The van der Waals surface area contributed by atoms with Gasteiger partial charge in [0.15, 0.2) is 0 Å². The highest BCUT2D eigenvalue weighted by Gasteiger charge is 2.18. The van der Waals surface area contributed by atoms with Crippen molar-refractivity contribution in [3.63, 3.8) is 0 Å². The monoisotopic (exact) mass is 387 g/mol. The minimum absolute atomic E-state index is 0.133. The molecule has 3 rings (SSSR count). The molecule has 2 aromatic rings. The maximum atomic E-state index is 12.4. The molecule has 24 heavy (non-hydrogen) atoms. The fourth-order valence-electron chi connectivity index (χ4n) is 3.07. The van der Waals surface area contributed by atoms with Gasteiger partial charge < -0.3 is 10.2 Å². The number of aromatic nitrogens is 1. The quantitative estimate of drug-likeness (QED) is 0.833. The lowest BCUT2D eigenvalue weighted by molar-refractivity contribution is 0.102. The van der Waals surface area contributed by atoms with Crippen molar-refractivity contribution in [1.29, 1.82) is 0 Å². The van der Waals surface area contributed by atoms with E-state index in [1.165, 1.54) is 12.8 Å². The summed E-state index contributed by atoms with van der Waals surface area (Å²) in [5.74, 6) is 1.52. The van der Waals surface area contributed by atoms with Crippen molar-refractivity contribution >= 4 is 33.3 Å². The number of piperidine rings is 1. The van der Waals surface area contributed by atoms with Crippen molar-refractivity contribution in [2.45, 2.75) is 26.7 Å². The third kappa shape index (κ3) is 3.96. The summed E-state index contributed by atoms with van der Waals surface area (Å²) in [6.07, 6.45) is 4.15. The zero-order valence-electron chi connectivity index (χ0n) is 14.1. The van der Waals surface area contributed by atoms with E-state index in [2.05, 4.69) is 38.1 Å². The van der Waals surface area contributed by atoms with Gasteiger partial charge in [0.05, 0.1) is 5.56 Å². The SMILES string of the molecule is Cc1cc(Br)ccc1NC(=O)c1ccc(N2CCCC(C)C2)nc1. The van der Waals surface area contributed by atoms with Crippen LogP contribution >= 0.6 is 15.9 Å². The number of hydrogen-bond donors (Lipinski definition) is 1. The molecule has 0 bridgehead atoms. The summed E-state index contributed by atoms with van der Waals surface area (Å²) in [5.41, 5.74) is 2.41. The van der Waals surface area contributed by atoms with E-state index in [0.29, 0.717) is 11.5 Å². The highest BCUT2D eigenvalue weighted by Crippen LogP contribution is 2.23. The number of aryl methyl sites for hydroxylation is 1. The lowest BCUT2D eigenvalue weighted by Gasteiger charge is -2.31. The topological polar surface area (TPSA) is 45.2 Å². The number of nitrogens with one attached hydrogen (secondary N) is 1. The summed E-state index contributed by atoms with van der Waals surface area (Å²) in [6, 6.07) is 9.59. The van der Waals surface area contributed by atoms with Gasteiger partial charge in [-0.05, 0) is 61.6 Å². The number of halogens is 1. The van der Waals surface area contributed by atoms with E-state index in [0.717, 1.165) is 34.6 Å². The molecule has 5 heteroatoms. The number of benzene rings is 1. The second-order valence-electron chi connectivity index (χ2n) is 6.51. The van der Waals surface area contributed by atoms with Gasteiger partial charge in [-0.1, -0.05) is 22.9 Å². The van der Waals surface area contributed by atoms with Crippen molar-refractivity contribution in [3.8, 4) is 0 Å². The highest BCUT2D eigenvalue weighted by atomic mass is 79.9. The molecule has 0 aliphatic carbocycles. The van der Waals surface area contributed by atoms with E-state index in [9.17, 15) is 4.79 Å². The summed E-state index contributed by atoms with van der Waals surface area (Å²) >= 11 is 3.43. The minimum atomic E-state index is -0.133. The summed E-state index contributed by atoms with van der Waals surface area (Å²) in [6.45, 7) is 6.32. The predicted octanol–water partition coefficient (Wildman–Crippen LogP) is 4.64. The molecule has 4 nitrogen and oxygen atoms in total. The van der Waals surface area contributed by atoms with E-state index in [4.69, 9.17) is 0 Å². The molecular formula is C19H22BrN3O. The van der Waals surface area contributed by atoms with Crippen LogP contribution in [0.5, 0.6) is 0 Å². The number of anilines is 2. The van der Waals surface area contributed by atoms with Gasteiger partial charge in [0.25, 0.3) is 5.91 Å². The first-order valence-electron chi connectivity index (χ1n) is 8.31. The second-order valence-corrected chi connectivity index (χ2v) is 7.43. The summed E-state index contributed by atoms with van der Waals surface area (Å²) < 4.78 is 1.000. The van der Waals surface area contributed by atoms with Crippen LogP contribution < -0.4 is 10.2 Å². The Morgan fingerprint density at radius 1 is 1.33 bits per heavy atom. The number of nitrogens with zero attached hydrogens (tertiary/aromatic N) is 2. The molecule has 2 heterocycles. The average Bonchev–Trinajstić information content (AvgIpc) is 2.57. The van der Waals surface area contributed by atoms with Crippen LogP contribution in [0.2, 0.25) is 0 Å². The molecule has 0 saturated carbocycles. The summed E-state index contributed by atoms with van der Waals surface area (Å²) in [5, 5.41) is 2.95. The van der Waals surface area contributed by atoms with E-state index < -0.39 is 0 Å². The van der Waals surface area contributed by atoms with Crippen molar-refractivity contribution in [3.05, 3.63) is 52.1 Å². The molecule has 1 aromatic heterocycles. The molecule has 1 aliphatic heterocycles. The average molecular weight is 388 g/mol. The molecule has 1 aromatic carbocycles. The van der Waals surface area contributed by atoms with Crippen LogP contribution in [0.15, 0.2) is 41.0 Å². The Morgan fingerprint density at radius 3 is 2.83 bits per heavy atom. The molecule has 0 spiro atoms. The predicted molar refractivity (Wildman–Crippen MR) is 102 cm³/mol. The third-order valence-corrected chi connectivity index (χ3v) is 4.92. The fourth-order valence-corrected chi connectivity index (χ4v) is 3.54. The van der Waals surface area contributed by atoms with Gasteiger partial charge in [-0.25, -0.2) is 4.98 Å². The van der Waals surface area contributed by atoms with Crippen LogP contribution in [-0.4, -0.2) is 24.0 Å². The molecule has 1 aliphatic rings. The van der Waals surface area contributed by atoms with Crippen molar-refractivity contribution in [2.75, 3.05) is 23.3 Å². The van der Waals surface area contributed by atoms with Crippen LogP contribution in [0.25, 0.3) is 0 Å². The fraction of sp³-hybridized carbons (Fsp3) is 0.368. The number of carbonyl (C=O) groups excluding carboxylic acids is 1. The van der Waals surface area contributed by atoms with Gasteiger partial charge >= 0.3 is 0 Å². The number of rotatable bonds is 3. The molecule has 1 atom stereocenters. The number of pyridine rings is 1. The molecule has 0 radical (unpaired) electrons. The Kier molecular flexibility index (Phi) is 5.19. The molecule has 1 fully saturated rings. The van der Waals surface area contributed by atoms with E-state index in [1.807, 2.05) is 37.3 Å². The minimum Gasteiger partial charge on any atom is -0.356 e. The van der Waals surface area contributed by atoms with E-state index in [1.54, 1.807) is 6.20 Å². The molecule has 126 valence electrons. The van der Waals surface area contributed by atoms with Crippen molar-refractivity contribution in [1.82, 2.24) is 4.98 Å². The summed E-state index contributed by atoms with van der Waals surface area (Å²) in [4.78, 5) is 19.2. The highest BCUT2D eigenvalue weighted by molar-refractivity contribution is 9.10. The van der Waals surface area contributed by atoms with E-state index >= 15 is 0 Å². The molecule has 1 unspecified atom stereocenters. The van der Waals surface area contributed by atoms with Crippen LogP contribution in [-0.2, 0) is 0 Å². The number of hydrogen-bond acceptors (Lipinski definition) is 3. The van der Waals surface area contributed by atoms with Gasteiger partial charge in [0, 0.05) is 29.4 Å². The maximum Gasteiger partial charge on any atom is 0.257 e. The smallest absolute Gasteiger partial charge is 0.257 e. The van der Waals surface area contributed by atoms with Crippen molar-refractivity contribution in [2.24, 2.45) is 5.92 Å². The zero-order valence-corrected chi connectivity index (χ0v) is 15.6. The van der Waals surface area contributed by atoms with Crippen LogP contribution in [0.1, 0.15) is 35.7 Å². The first kappa shape index (κ1) is 17.0. The van der Waals surface area contributed by atoms with Gasteiger partial charge in [-0.2, -0.15) is 0 Å². The first-order valence-corrected chi connectivity index (χ1v) is 9.11. The molecule has 1 N–H and O–H groups in total. The Balaban J connectivity index is 1.69. The second kappa shape index (κ2) is 7.34. The summed E-state index contributed by atoms with van der Waals surface area (Å²) in [7, 11) is 0. The largest absolute Gasteiger partial charge is 0.356 e. The Morgan fingerprint density at radius 2 is 2.17 bits per heavy atom. The maximum absolute atomic E-state index is 12.4. The van der Waals surface area contributed by atoms with Crippen LogP contribution in [0.4, 0.5) is 11.5 Å². The normalized spacial score (nSPS) is 17.6. The number of amides is 1. The standard InChI is InChI=1S/C19H22BrN3O/c1-13-4-3-9-23(12-13)18-8-5-15(11-21-18)19(24)22-17-7-6-16(20)10-14(17)2/h5-8,10-11,13H,3-4,9,12H2,1-2H3,(H,22,24). The zero-order chi connectivity index (χ0) is 17.1.